The quantitative estimate of drug-likeness (QED) is 0.627. The molecule has 0 N–H and O–H groups in total. The summed E-state index contributed by atoms with van der Waals surface area (Å²) in [5, 5.41) is 4.81. The Balaban J connectivity index is 1.49. The number of anilines is 1. The van der Waals surface area contributed by atoms with E-state index in [1.165, 1.54) is 25.0 Å². The fourth-order valence-corrected chi connectivity index (χ4v) is 4.94. The lowest BCUT2D eigenvalue weighted by atomic mass is 9.97. The first-order valence-electron chi connectivity index (χ1n) is 11.2. The van der Waals surface area contributed by atoms with Gasteiger partial charge >= 0.3 is 0 Å². The average Bonchev–Trinajstić information content (AvgIpc) is 3.42. The van der Waals surface area contributed by atoms with Crippen molar-refractivity contribution in [2.75, 3.05) is 24.5 Å². The number of rotatable bonds is 3. The number of amides is 1. The standard InChI is InChI=1S/C24H28FN5O/c1-16-13-18(25)8-9-19(16)24(31)29-12-4-3-7-21(29)20-14-22-26-23(28-10-5-6-11-28)17(2)15-30(22)27-20/h8-9,13-15,21H,3-7,10-12H2,1-2H3/t21-/m0/s1. The van der Waals surface area contributed by atoms with E-state index in [-0.39, 0.29) is 17.8 Å². The summed E-state index contributed by atoms with van der Waals surface area (Å²) in [6.07, 6.45) is 7.34. The molecule has 0 aliphatic carbocycles. The summed E-state index contributed by atoms with van der Waals surface area (Å²) in [6.45, 7) is 6.64. The van der Waals surface area contributed by atoms with E-state index in [1.54, 1.807) is 13.0 Å². The molecule has 2 aromatic heterocycles. The maximum absolute atomic E-state index is 13.5. The molecule has 0 bridgehead atoms. The van der Waals surface area contributed by atoms with Crippen LogP contribution in [0.2, 0.25) is 0 Å². The van der Waals surface area contributed by atoms with Crippen LogP contribution in [0.4, 0.5) is 10.2 Å². The third kappa shape index (κ3) is 3.66. The number of aryl methyl sites for hydroxylation is 2. The second kappa shape index (κ2) is 7.94. The summed E-state index contributed by atoms with van der Waals surface area (Å²) in [5.41, 5.74) is 4.03. The molecule has 4 heterocycles. The molecule has 2 aliphatic heterocycles. The highest BCUT2D eigenvalue weighted by atomic mass is 19.1. The Morgan fingerprint density at radius 2 is 1.81 bits per heavy atom. The summed E-state index contributed by atoms with van der Waals surface area (Å²) < 4.78 is 15.4. The molecule has 162 valence electrons. The van der Waals surface area contributed by atoms with Gasteiger partial charge in [-0.05, 0) is 69.7 Å². The van der Waals surface area contributed by atoms with Gasteiger partial charge in [0.2, 0.25) is 0 Å². The summed E-state index contributed by atoms with van der Waals surface area (Å²) >= 11 is 0. The van der Waals surface area contributed by atoms with Gasteiger partial charge in [0.1, 0.15) is 11.6 Å². The first-order valence-corrected chi connectivity index (χ1v) is 11.2. The molecule has 0 spiro atoms. The molecule has 2 saturated heterocycles. The first kappa shape index (κ1) is 20.0. The van der Waals surface area contributed by atoms with Crippen LogP contribution in [0.3, 0.4) is 0 Å². The Kier molecular flexibility index (Phi) is 5.12. The third-order valence-corrected chi connectivity index (χ3v) is 6.55. The van der Waals surface area contributed by atoms with Crippen molar-refractivity contribution in [3.05, 3.63) is 58.7 Å². The van der Waals surface area contributed by atoms with E-state index in [1.807, 2.05) is 21.7 Å². The van der Waals surface area contributed by atoms with Gasteiger partial charge in [-0.1, -0.05) is 0 Å². The number of carbonyl (C=O) groups excluding carboxylic acids is 1. The van der Waals surface area contributed by atoms with Crippen molar-refractivity contribution in [3.8, 4) is 0 Å². The zero-order valence-corrected chi connectivity index (χ0v) is 18.1. The van der Waals surface area contributed by atoms with Crippen LogP contribution in [-0.4, -0.2) is 45.0 Å². The van der Waals surface area contributed by atoms with E-state index >= 15 is 0 Å². The van der Waals surface area contributed by atoms with Gasteiger partial charge in [0.05, 0.1) is 11.7 Å². The van der Waals surface area contributed by atoms with Crippen molar-refractivity contribution in [2.24, 2.45) is 0 Å². The highest BCUT2D eigenvalue weighted by Crippen LogP contribution is 2.33. The average molecular weight is 422 g/mol. The topological polar surface area (TPSA) is 53.7 Å². The number of hydrogen-bond donors (Lipinski definition) is 0. The van der Waals surface area contributed by atoms with Crippen molar-refractivity contribution in [1.82, 2.24) is 19.5 Å². The predicted molar refractivity (Wildman–Crippen MR) is 118 cm³/mol. The lowest BCUT2D eigenvalue weighted by molar-refractivity contribution is 0.0605. The fraction of sp³-hybridized carbons (Fsp3) is 0.458. The van der Waals surface area contributed by atoms with Crippen LogP contribution in [0.25, 0.3) is 5.65 Å². The van der Waals surface area contributed by atoms with E-state index in [9.17, 15) is 9.18 Å². The number of likely N-dealkylation sites (tertiary alicyclic amines) is 1. The van der Waals surface area contributed by atoms with Crippen LogP contribution in [0.1, 0.15) is 65.3 Å². The Morgan fingerprint density at radius 3 is 2.58 bits per heavy atom. The Hall–Kier alpha value is -2.96. The van der Waals surface area contributed by atoms with Gasteiger partial charge < -0.3 is 9.80 Å². The maximum Gasteiger partial charge on any atom is 0.254 e. The van der Waals surface area contributed by atoms with E-state index in [0.717, 1.165) is 55.1 Å². The molecule has 0 radical (unpaired) electrons. The lowest BCUT2D eigenvalue weighted by Crippen LogP contribution is -2.39. The SMILES string of the molecule is Cc1cc(F)ccc1C(=O)N1CCCC[C@H]1c1cc2nc(N3CCCC3)c(C)cn2n1. The van der Waals surface area contributed by atoms with Crippen LogP contribution in [-0.2, 0) is 0 Å². The second-order valence-electron chi connectivity index (χ2n) is 8.78. The molecule has 0 saturated carbocycles. The summed E-state index contributed by atoms with van der Waals surface area (Å²) in [4.78, 5) is 22.5. The highest BCUT2D eigenvalue weighted by Gasteiger charge is 2.31. The smallest absolute Gasteiger partial charge is 0.254 e. The monoisotopic (exact) mass is 421 g/mol. The summed E-state index contributed by atoms with van der Waals surface area (Å²) in [5.74, 6) is 0.663. The molecule has 1 atom stereocenters. The van der Waals surface area contributed by atoms with Crippen LogP contribution in [0.5, 0.6) is 0 Å². The molecule has 2 aliphatic rings. The predicted octanol–water partition coefficient (Wildman–Crippen LogP) is 4.45. The molecule has 3 aromatic rings. The minimum atomic E-state index is -0.320. The van der Waals surface area contributed by atoms with Crippen molar-refractivity contribution >= 4 is 17.4 Å². The number of halogens is 1. The Morgan fingerprint density at radius 1 is 1.03 bits per heavy atom. The van der Waals surface area contributed by atoms with Crippen LogP contribution >= 0.6 is 0 Å². The molecule has 6 nitrogen and oxygen atoms in total. The Bertz CT molecular complexity index is 1130. The van der Waals surface area contributed by atoms with Gasteiger partial charge in [-0.2, -0.15) is 5.10 Å². The largest absolute Gasteiger partial charge is 0.356 e. The number of hydrogen-bond acceptors (Lipinski definition) is 4. The van der Waals surface area contributed by atoms with Crippen LogP contribution in [0.15, 0.2) is 30.5 Å². The van der Waals surface area contributed by atoms with Crippen LogP contribution in [0, 0.1) is 19.7 Å². The van der Waals surface area contributed by atoms with Gasteiger partial charge in [-0.15, -0.1) is 0 Å². The van der Waals surface area contributed by atoms with Gasteiger partial charge in [-0.25, -0.2) is 13.9 Å². The maximum atomic E-state index is 13.5. The van der Waals surface area contributed by atoms with E-state index in [4.69, 9.17) is 10.1 Å². The lowest BCUT2D eigenvalue weighted by Gasteiger charge is -2.35. The van der Waals surface area contributed by atoms with E-state index < -0.39 is 0 Å². The number of benzene rings is 1. The number of aromatic nitrogens is 3. The second-order valence-corrected chi connectivity index (χ2v) is 8.78. The number of fused-ring (bicyclic) bond motifs is 1. The van der Waals surface area contributed by atoms with Crippen molar-refractivity contribution in [1.29, 1.82) is 0 Å². The van der Waals surface area contributed by atoms with Crippen LogP contribution < -0.4 is 4.90 Å². The van der Waals surface area contributed by atoms with Crippen molar-refractivity contribution in [3.63, 3.8) is 0 Å². The fourth-order valence-electron chi connectivity index (χ4n) is 4.94. The zero-order chi connectivity index (χ0) is 21.5. The van der Waals surface area contributed by atoms with Gasteiger partial charge in [-0.3, -0.25) is 4.79 Å². The summed E-state index contributed by atoms with van der Waals surface area (Å²) in [7, 11) is 0. The van der Waals surface area contributed by atoms with Gasteiger partial charge in [0, 0.05) is 43.0 Å². The number of nitrogens with zero attached hydrogens (tertiary/aromatic N) is 5. The molecule has 5 rings (SSSR count). The first-order chi connectivity index (χ1) is 15.0. The molecule has 31 heavy (non-hydrogen) atoms. The molecular weight excluding hydrogens is 393 g/mol. The van der Waals surface area contributed by atoms with E-state index in [0.29, 0.717) is 17.7 Å². The molecule has 0 unspecified atom stereocenters. The van der Waals surface area contributed by atoms with E-state index in [2.05, 4.69) is 11.8 Å². The van der Waals surface area contributed by atoms with Gasteiger partial charge in [0.25, 0.3) is 5.91 Å². The van der Waals surface area contributed by atoms with Crippen molar-refractivity contribution in [2.45, 2.75) is 52.0 Å². The number of carbonyl (C=O) groups is 1. The molecule has 1 aromatic carbocycles. The molecule has 7 heteroatoms. The molecule has 1 amide bonds. The highest BCUT2D eigenvalue weighted by molar-refractivity contribution is 5.96. The minimum Gasteiger partial charge on any atom is -0.356 e. The minimum absolute atomic E-state index is 0.0545. The number of piperidine rings is 1. The zero-order valence-electron chi connectivity index (χ0n) is 18.1. The molecular formula is C24H28FN5O. The normalized spacial score (nSPS) is 19.4. The Labute approximate surface area is 181 Å². The molecule has 2 fully saturated rings. The summed E-state index contributed by atoms with van der Waals surface area (Å²) in [6, 6.07) is 6.30. The van der Waals surface area contributed by atoms with Gasteiger partial charge in [0.15, 0.2) is 5.65 Å². The van der Waals surface area contributed by atoms with Crippen molar-refractivity contribution < 1.29 is 9.18 Å². The third-order valence-electron chi connectivity index (χ3n) is 6.55.